The number of ether oxygens (including phenoxy) is 3. The maximum atomic E-state index is 12.7. The highest BCUT2D eigenvalue weighted by molar-refractivity contribution is 7.21. The minimum absolute atomic E-state index is 0.373. The van der Waals surface area contributed by atoms with Crippen molar-refractivity contribution in [1.82, 2.24) is 4.98 Å². The molecule has 1 aromatic heterocycles. The largest absolute Gasteiger partial charge is 0.490 e. The number of rotatable bonds is 9. The van der Waals surface area contributed by atoms with Crippen LogP contribution < -0.4 is 24.8 Å². The van der Waals surface area contributed by atoms with Crippen molar-refractivity contribution in [3.63, 3.8) is 0 Å². The standard InChI is InChI=1S/C27H29N3O4S/c1-5-32-22-15-20(16-23(33-6-2)25(22)34-7-3)29-27(31)28-19-11-9-18(10-12-19)26-30-21-13-8-17(4)14-24(21)35-26/h8-16H,5-7H2,1-4H3,(H2,28,29,31). The maximum absolute atomic E-state index is 12.7. The second kappa shape index (κ2) is 11.1. The molecule has 0 unspecified atom stereocenters. The lowest BCUT2D eigenvalue weighted by Gasteiger charge is -2.17. The van der Waals surface area contributed by atoms with Crippen LogP contribution >= 0.6 is 11.3 Å². The highest BCUT2D eigenvalue weighted by atomic mass is 32.1. The Balaban J connectivity index is 1.47. The average molecular weight is 492 g/mol. The topological polar surface area (TPSA) is 81.7 Å². The van der Waals surface area contributed by atoms with Crippen molar-refractivity contribution in [3.8, 4) is 27.8 Å². The molecule has 0 saturated carbocycles. The molecule has 0 saturated heterocycles. The van der Waals surface area contributed by atoms with Crippen LogP contribution in [0, 0.1) is 6.92 Å². The molecule has 4 rings (SSSR count). The zero-order valence-electron chi connectivity index (χ0n) is 20.3. The van der Waals surface area contributed by atoms with E-state index in [0.717, 1.165) is 20.8 Å². The van der Waals surface area contributed by atoms with Crippen molar-refractivity contribution in [2.24, 2.45) is 0 Å². The summed E-state index contributed by atoms with van der Waals surface area (Å²) in [6, 6.07) is 17.0. The summed E-state index contributed by atoms with van der Waals surface area (Å²) < 4.78 is 18.3. The van der Waals surface area contributed by atoms with Gasteiger partial charge in [0.05, 0.1) is 35.7 Å². The van der Waals surface area contributed by atoms with Crippen LogP contribution in [0.1, 0.15) is 26.3 Å². The Hall–Kier alpha value is -3.78. The van der Waals surface area contributed by atoms with Crippen LogP contribution in [0.4, 0.5) is 16.2 Å². The third-order valence-electron chi connectivity index (χ3n) is 5.10. The van der Waals surface area contributed by atoms with Crippen molar-refractivity contribution in [2.45, 2.75) is 27.7 Å². The second-order valence-electron chi connectivity index (χ2n) is 7.75. The van der Waals surface area contributed by atoms with Gasteiger partial charge in [0.25, 0.3) is 0 Å². The number of carbonyl (C=O) groups is 1. The number of carbonyl (C=O) groups excluding carboxylic acids is 1. The number of aryl methyl sites for hydroxylation is 1. The van der Waals surface area contributed by atoms with Crippen LogP contribution in [0.2, 0.25) is 0 Å². The molecule has 0 radical (unpaired) electrons. The zero-order chi connectivity index (χ0) is 24.8. The summed E-state index contributed by atoms with van der Waals surface area (Å²) in [6.45, 7) is 9.15. The highest BCUT2D eigenvalue weighted by Gasteiger charge is 2.16. The molecule has 2 N–H and O–H groups in total. The molecule has 8 heteroatoms. The Morgan fingerprint density at radius 3 is 2.09 bits per heavy atom. The maximum Gasteiger partial charge on any atom is 0.323 e. The molecule has 0 aliphatic rings. The van der Waals surface area contributed by atoms with Gasteiger partial charge in [-0.25, -0.2) is 9.78 Å². The molecule has 2 amide bonds. The van der Waals surface area contributed by atoms with Crippen molar-refractivity contribution in [1.29, 1.82) is 0 Å². The molecule has 0 bridgehead atoms. The fourth-order valence-electron chi connectivity index (χ4n) is 3.61. The van der Waals surface area contributed by atoms with E-state index in [1.54, 1.807) is 23.5 Å². The first-order valence-electron chi connectivity index (χ1n) is 11.6. The van der Waals surface area contributed by atoms with Crippen LogP contribution in [0.5, 0.6) is 17.2 Å². The summed E-state index contributed by atoms with van der Waals surface area (Å²) in [7, 11) is 0. The van der Waals surface area contributed by atoms with Crippen LogP contribution in [0.25, 0.3) is 20.8 Å². The van der Waals surface area contributed by atoms with E-state index in [-0.39, 0.29) is 6.03 Å². The molecule has 0 aliphatic heterocycles. The van der Waals surface area contributed by atoms with Gasteiger partial charge >= 0.3 is 6.03 Å². The van der Waals surface area contributed by atoms with Gasteiger partial charge in [0.15, 0.2) is 11.5 Å². The number of amides is 2. The minimum atomic E-state index is -0.373. The van der Waals surface area contributed by atoms with Gasteiger partial charge in [-0.3, -0.25) is 0 Å². The number of hydrogen-bond donors (Lipinski definition) is 2. The molecule has 0 atom stereocenters. The average Bonchev–Trinajstić information content (AvgIpc) is 3.25. The molecular weight excluding hydrogens is 462 g/mol. The molecular formula is C27H29N3O4S. The SMILES string of the molecule is CCOc1cc(NC(=O)Nc2ccc(-c3nc4ccc(C)cc4s3)cc2)cc(OCC)c1OCC. The quantitative estimate of drug-likeness (QED) is 0.261. The van der Waals surface area contributed by atoms with Crippen LogP contribution in [0.3, 0.4) is 0 Å². The summed E-state index contributed by atoms with van der Waals surface area (Å²) in [4.78, 5) is 17.4. The van der Waals surface area contributed by atoms with Gasteiger partial charge in [-0.05, 0) is 69.7 Å². The molecule has 3 aromatic carbocycles. The number of urea groups is 1. The second-order valence-corrected chi connectivity index (χ2v) is 8.78. The first kappa shape index (κ1) is 24.3. The lowest BCUT2D eigenvalue weighted by atomic mass is 10.2. The van der Waals surface area contributed by atoms with E-state index in [4.69, 9.17) is 19.2 Å². The van der Waals surface area contributed by atoms with Crippen molar-refractivity contribution >= 4 is 39.0 Å². The summed E-state index contributed by atoms with van der Waals surface area (Å²) in [5, 5.41) is 6.66. The van der Waals surface area contributed by atoms with E-state index in [9.17, 15) is 4.79 Å². The number of aromatic nitrogens is 1. The number of benzene rings is 3. The van der Waals surface area contributed by atoms with E-state index < -0.39 is 0 Å². The summed E-state index contributed by atoms with van der Waals surface area (Å²) in [5.74, 6) is 1.57. The fourth-order valence-corrected chi connectivity index (χ4v) is 4.68. The Morgan fingerprint density at radius 2 is 1.46 bits per heavy atom. The van der Waals surface area contributed by atoms with Crippen molar-refractivity contribution < 1.29 is 19.0 Å². The molecule has 0 aliphatic carbocycles. The Kier molecular flexibility index (Phi) is 7.72. The number of nitrogens with zero attached hydrogens (tertiary/aromatic N) is 1. The Morgan fingerprint density at radius 1 is 0.829 bits per heavy atom. The summed E-state index contributed by atoms with van der Waals surface area (Å²) in [6.07, 6.45) is 0. The van der Waals surface area contributed by atoms with Crippen LogP contribution in [-0.2, 0) is 0 Å². The van der Waals surface area contributed by atoms with E-state index in [2.05, 4.69) is 29.7 Å². The monoisotopic (exact) mass is 491 g/mol. The molecule has 35 heavy (non-hydrogen) atoms. The predicted molar refractivity (Wildman–Crippen MR) is 142 cm³/mol. The lowest BCUT2D eigenvalue weighted by Crippen LogP contribution is -2.19. The molecule has 0 fully saturated rings. The molecule has 182 valence electrons. The fraction of sp³-hybridized carbons (Fsp3) is 0.259. The number of hydrogen-bond acceptors (Lipinski definition) is 6. The van der Waals surface area contributed by atoms with E-state index in [1.807, 2.05) is 51.1 Å². The first-order chi connectivity index (χ1) is 17.0. The van der Waals surface area contributed by atoms with Gasteiger partial charge in [-0.1, -0.05) is 6.07 Å². The smallest absolute Gasteiger partial charge is 0.323 e. The molecule has 4 aromatic rings. The van der Waals surface area contributed by atoms with Gasteiger partial charge in [0.2, 0.25) is 5.75 Å². The van der Waals surface area contributed by atoms with Gasteiger partial charge in [0.1, 0.15) is 5.01 Å². The number of anilines is 2. The van der Waals surface area contributed by atoms with Crippen LogP contribution in [0.15, 0.2) is 54.6 Å². The lowest BCUT2D eigenvalue weighted by molar-refractivity contribution is 0.260. The number of nitrogens with one attached hydrogen (secondary N) is 2. The van der Waals surface area contributed by atoms with E-state index >= 15 is 0 Å². The van der Waals surface area contributed by atoms with Crippen LogP contribution in [-0.4, -0.2) is 30.8 Å². The Bertz CT molecular complexity index is 1290. The van der Waals surface area contributed by atoms with E-state index in [0.29, 0.717) is 48.4 Å². The summed E-state index contributed by atoms with van der Waals surface area (Å²) >= 11 is 1.66. The van der Waals surface area contributed by atoms with Gasteiger partial charge < -0.3 is 24.8 Å². The van der Waals surface area contributed by atoms with E-state index in [1.165, 1.54) is 5.56 Å². The molecule has 7 nitrogen and oxygen atoms in total. The highest BCUT2D eigenvalue weighted by Crippen LogP contribution is 2.41. The summed E-state index contributed by atoms with van der Waals surface area (Å²) in [5.41, 5.74) is 4.42. The zero-order valence-corrected chi connectivity index (χ0v) is 21.1. The van der Waals surface area contributed by atoms with Crippen molar-refractivity contribution in [3.05, 3.63) is 60.2 Å². The minimum Gasteiger partial charge on any atom is -0.490 e. The normalized spacial score (nSPS) is 10.7. The molecule has 0 spiro atoms. The van der Waals surface area contributed by atoms with Gasteiger partial charge in [0, 0.05) is 23.4 Å². The molecule has 1 heterocycles. The first-order valence-corrected chi connectivity index (χ1v) is 12.4. The van der Waals surface area contributed by atoms with Gasteiger partial charge in [-0.2, -0.15) is 0 Å². The Labute approximate surface area is 209 Å². The third kappa shape index (κ3) is 5.84. The third-order valence-corrected chi connectivity index (χ3v) is 6.17. The number of fused-ring (bicyclic) bond motifs is 1. The predicted octanol–water partition coefficient (Wildman–Crippen LogP) is 7.11. The number of thiazole rings is 1. The van der Waals surface area contributed by atoms with Crippen molar-refractivity contribution in [2.75, 3.05) is 30.5 Å². The van der Waals surface area contributed by atoms with Gasteiger partial charge in [-0.15, -0.1) is 11.3 Å².